The van der Waals surface area contributed by atoms with Gasteiger partial charge in [-0.1, -0.05) is 89.0 Å². The van der Waals surface area contributed by atoms with Crippen molar-refractivity contribution in [2.24, 2.45) is 40.9 Å². The highest BCUT2D eigenvalue weighted by Crippen LogP contribution is 2.41. The molecule has 12 atom stereocenters. The van der Waals surface area contributed by atoms with Gasteiger partial charge in [0.2, 0.25) is 16.8 Å². The van der Waals surface area contributed by atoms with Crippen LogP contribution in [-0.4, -0.2) is 171 Å². The normalized spacial score (nSPS) is 27.4. The predicted octanol–water partition coefficient (Wildman–Crippen LogP) is 0.371. The number of fused-ring (bicyclic) bond motifs is 4. The number of Topliss-reactive ketones (excluding diaryl/α,β-unsaturated/α-hetero) is 1. The molecule has 2 heterocycles. The number of halogens is 3. The van der Waals surface area contributed by atoms with E-state index in [0.29, 0.717) is 53.8 Å². The topological polar surface area (TPSA) is 454 Å². The number of carboxylic acid groups (broad SMARTS) is 1. The molecular weight excluding hydrogens is 1340 g/mol. The van der Waals surface area contributed by atoms with Gasteiger partial charge < -0.3 is 115 Å². The number of amides is 4. The number of aliphatic hydroxyl groups excluding tert-OH is 2. The number of carbonyl (C=O) groups excluding carboxylic acids is 8. The highest BCUT2D eigenvalue weighted by Gasteiger charge is 2.34. The van der Waals surface area contributed by atoms with E-state index in [9.17, 15) is 63.9 Å². The van der Waals surface area contributed by atoms with Gasteiger partial charge in [-0.2, -0.15) is 0 Å². The number of nitrogens with two attached hydrogens (primary N) is 4. The van der Waals surface area contributed by atoms with Crippen LogP contribution >= 0.6 is 24.0 Å². The number of primary amides is 2. The largest absolute Gasteiger partial charge is 1.00 e. The zero-order chi connectivity index (χ0) is 73.1. The maximum atomic E-state index is 13.6. The number of hydrogen-bond acceptors (Lipinski definition) is 21. The lowest BCUT2D eigenvalue weighted by molar-refractivity contribution is -0.562. The Hall–Kier alpha value is -7.51. The number of aliphatic carboxylic acids is 1. The number of aromatic hydroxyl groups is 2. The molecule has 0 aromatic heterocycles. The maximum Gasteiger partial charge on any atom is 0.405 e. The standard InChI is InChI=1S/C32H47N3O8.C32H45N3O8.C2H4ClNO.C2H5NO2.2ClH/c2*1-8-12-34-28-23-13-18(2)14-27(42-7)29(37)21(5)15-20(4)26(43-32(33)40)16-22(41-6)11-9-10-19(3)31(39)35-24(30(23)38)17-25(28)36;3-2(5)1-4;3-1-2(4)5;;/h8-11,15,17-18,21-22,26-27,29,34,36-38H,1,12-14,16H2,2-7H3,(H2,33,40)(H,35,39);8-11,15,17-18,21-22,26-27,29,34,37H,1,12-14,16H2,2-7H3,(H2,33,40)(H,35,39);1,4H2;1,3H2,(H,4,5);2*1H/b2*11-9-,19-10+,20-15+;;;;/t2*18-,21+,22+,26-,27+,29-;;;;/m11..../s1. The Balaban J connectivity index is 0. The fourth-order valence-corrected chi connectivity index (χ4v) is 10.2. The summed E-state index contributed by atoms with van der Waals surface area (Å²) in [6.45, 7) is 22.2. The lowest BCUT2D eigenvalue weighted by Gasteiger charge is -2.29. The van der Waals surface area contributed by atoms with Gasteiger partial charge in [0.15, 0.2) is 11.4 Å². The fraction of sp³-hybridized carbons (Fsp3) is 0.500. The summed E-state index contributed by atoms with van der Waals surface area (Å²) in [6, 6.07) is 1.32. The Morgan fingerprint density at radius 2 is 1.19 bits per heavy atom. The number of nitrogens with one attached hydrogen (secondary N) is 3. The highest BCUT2D eigenvalue weighted by molar-refractivity contribution is 6.64. The summed E-state index contributed by atoms with van der Waals surface area (Å²) >= 11 is 4.70. The molecule has 0 radical (unpaired) electrons. The number of rotatable bonds is 14. The molecular formula is C68H103Cl3N8O19. The van der Waals surface area contributed by atoms with Crippen molar-refractivity contribution in [1.29, 1.82) is 0 Å². The molecule has 4 rings (SSSR count). The van der Waals surface area contributed by atoms with E-state index in [0.717, 1.165) is 6.08 Å². The van der Waals surface area contributed by atoms with Crippen LogP contribution in [0.25, 0.3) is 0 Å². The van der Waals surface area contributed by atoms with Crippen molar-refractivity contribution in [1.82, 2.24) is 10.6 Å². The second kappa shape index (κ2) is 48.3. The molecule has 27 nitrogen and oxygen atoms in total. The number of phenols is 2. The van der Waals surface area contributed by atoms with Crippen LogP contribution in [0.4, 0.5) is 21.0 Å². The van der Waals surface area contributed by atoms with E-state index in [1.54, 1.807) is 87.7 Å². The van der Waals surface area contributed by atoms with E-state index in [4.69, 9.17) is 51.5 Å². The first-order chi connectivity index (χ1) is 45.2. The molecule has 2 aliphatic heterocycles. The van der Waals surface area contributed by atoms with E-state index in [-0.39, 0.29) is 121 Å². The maximum absolute atomic E-state index is 13.6. The number of carbonyl (C=O) groups is 8. The van der Waals surface area contributed by atoms with Gasteiger partial charge in [-0.25, -0.2) is 9.59 Å². The van der Waals surface area contributed by atoms with Crippen molar-refractivity contribution in [3.63, 3.8) is 0 Å². The molecule has 3 aliphatic rings. The monoisotopic (exact) mass is 1440 g/mol. The average molecular weight is 1440 g/mol. The van der Waals surface area contributed by atoms with Crippen molar-refractivity contribution in [2.45, 2.75) is 143 Å². The molecule has 0 fully saturated rings. The summed E-state index contributed by atoms with van der Waals surface area (Å²) in [7, 11) is 6.02. The molecule has 1 aromatic rings. The Morgan fingerprint density at radius 1 is 0.755 bits per heavy atom. The molecule has 4 bridgehead atoms. The van der Waals surface area contributed by atoms with Gasteiger partial charge in [0, 0.05) is 88.5 Å². The summed E-state index contributed by atoms with van der Waals surface area (Å²) in [5.74, 6) is -4.38. The predicted molar refractivity (Wildman–Crippen MR) is 367 cm³/mol. The number of ether oxygens (including phenoxy) is 6. The molecule has 1 aromatic carbocycles. The van der Waals surface area contributed by atoms with Crippen molar-refractivity contribution < 1.29 is 116 Å². The third kappa shape index (κ3) is 32.4. The number of anilines is 1. The summed E-state index contributed by atoms with van der Waals surface area (Å²) in [4.78, 5) is 94.7. The van der Waals surface area contributed by atoms with Crippen molar-refractivity contribution in [3.8, 4) is 11.5 Å². The molecule has 98 heavy (non-hydrogen) atoms. The second-order valence-corrected chi connectivity index (χ2v) is 23.7. The van der Waals surface area contributed by atoms with Crippen LogP contribution in [0.2, 0.25) is 0 Å². The van der Waals surface area contributed by atoms with Crippen LogP contribution in [0.3, 0.4) is 0 Å². The Kier molecular flexibility index (Phi) is 45.6. The number of aliphatic hydroxyl groups is 2. The molecule has 30 heteroatoms. The summed E-state index contributed by atoms with van der Waals surface area (Å²) in [6.07, 6.45) is 12.2. The number of phenolic OH excluding ortho intramolecular Hbond substituents is 2. The smallest absolute Gasteiger partial charge is 0.405 e. The zero-order valence-electron chi connectivity index (χ0n) is 57.9. The lowest BCUT2D eigenvalue weighted by atomic mass is 9.85. The lowest BCUT2D eigenvalue weighted by Crippen LogP contribution is -3.00. The highest BCUT2D eigenvalue weighted by atomic mass is 35.5. The molecule has 0 saturated carbocycles. The summed E-state index contributed by atoms with van der Waals surface area (Å²) in [5, 5.41) is 63.4. The van der Waals surface area contributed by atoms with Gasteiger partial charge in [-0.3, -0.25) is 24.0 Å². The third-order valence-electron chi connectivity index (χ3n) is 15.5. The number of hydrogen-bond donors (Lipinski definition) is 12. The minimum atomic E-state index is -1.11. The number of methoxy groups -OCH3 is 4. The minimum absolute atomic E-state index is 0. The van der Waals surface area contributed by atoms with E-state index < -0.39 is 102 Å². The van der Waals surface area contributed by atoms with Crippen LogP contribution in [0.5, 0.6) is 11.5 Å². The summed E-state index contributed by atoms with van der Waals surface area (Å²) < 4.78 is 33.2. The van der Waals surface area contributed by atoms with Crippen molar-refractivity contribution in [2.75, 3.05) is 59.9 Å². The first kappa shape index (κ1) is 92.5. The first-order valence-electron chi connectivity index (χ1n) is 31.1. The van der Waals surface area contributed by atoms with Gasteiger partial charge >= 0.3 is 12.2 Å². The van der Waals surface area contributed by atoms with Crippen molar-refractivity contribution >= 4 is 82.2 Å². The number of quaternary nitrogens is 2. The summed E-state index contributed by atoms with van der Waals surface area (Å²) in [5.41, 5.74) is 21.6. The second-order valence-electron chi connectivity index (χ2n) is 23.3. The molecule has 18 N–H and O–H groups in total. The number of allylic oxidation sites excluding steroid dienone is 6. The van der Waals surface area contributed by atoms with Crippen LogP contribution in [0, 0.1) is 23.7 Å². The van der Waals surface area contributed by atoms with Crippen LogP contribution in [-0.2, 0) is 63.6 Å². The quantitative estimate of drug-likeness (QED) is 0.0299. The van der Waals surface area contributed by atoms with Crippen LogP contribution in [0.15, 0.2) is 125 Å². The van der Waals surface area contributed by atoms with Gasteiger partial charge in [-0.15, -0.1) is 19.0 Å². The van der Waals surface area contributed by atoms with E-state index in [2.05, 4.69) is 40.6 Å². The van der Waals surface area contributed by atoms with Gasteiger partial charge in [0.25, 0.3) is 11.8 Å². The zero-order valence-corrected chi connectivity index (χ0v) is 60.3. The molecule has 4 amide bonds. The minimum Gasteiger partial charge on any atom is -1.00 e. The number of ketones is 2. The number of benzene rings is 1. The van der Waals surface area contributed by atoms with Crippen molar-refractivity contribution in [3.05, 3.63) is 131 Å². The molecule has 0 saturated heterocycles. The molecule has 550 valence electrons. The Bertz CT molecular complexity index is 3100. The Labute approximate surface area is 591 Å². The molecule has 0 spiro atoms. The van der Waals surface area contributed by atoms with Crippen LogP contribution in [0.1, 0.15) is 93.1 Å². The van der Waals surface area contributed by atoms with E-state index in [1.165, 1.54) is 34.5 Å². The molecule has 1 aliphatic carbocycles. The number of carboxylic acids is 1. The average Bonchev–Trinajstić information content (AvgIpc) is 0.804. The van der Waals surface area contributed by atoms with Gasteiger partial charge in [0.1, 0.15) is 24.5 Å². The third-order valence-corrected chi connectivity index (χ3v) is 15.7. The Morgan fingerprint density at radius 3 is 1.58 bits per heavy atom. The van der Waals surface area contributed by atoms with E-state index in [1.807, 2.05) is 33.8 Å². The SMILES string of the molecule is C=CCNC1=C2C[C@@H](C)C[C@H](OC)[C@H](O)[C@@H](C)/C=C(\C)[C@H](OC(N)=O)C[C@@H](OC)/C=C\C=C(/C)C(=O)NC(=CC1=O)C2=O.C=CC[NH2+]c1c(O)cc2c(O)c1C[C@@H](C)C[C@H](OC)[C@H](O)[C@@H](C)/C=C(\C)[C@H](OC(N)=O)C[C@@H](OC)/C=C\C=C(/C)C(=O)N2.Cl.NCC(=O)Cl.[Cl-].[NH3+]CC(=O)[O-]. The first-order valence-corrected chi connectivity index (χ1v) is 31.4. The fourth-order valence-electron chi connectivity index (χ4n) is 10.2. The van der Waals surface area contributed by atoms with Crippen LogP contribution < -0.4 is 61.7 Å². The molecule has 0 unspecified atom stereocenters. The van der Waals surface area contributed by atoms with E-state index >= 15 is 0 Å². The van der Waals surface area contributed by atoms with Gasteiger partial charge in [0.05, 0.1) is 78.3 Å². The van der Waals surface area contributed by atoms with Gasteiger partial charge in [-0.05, 0) is 94.0 Å².